The molecule has 124 valence electrons. The fourth-order valence-electron chi connectivity index (χ4n) is 2.42. The topological polar surface area (TPSA) is 51.0 Å². The molecule has 0 radical (unpaired) electrons. The van der Waals surface area contributed by atoms with Crippen LogP contribution in [-0.4, -0.2) is 31.4 Å². The van der Waals surface area contributed by atoms with E-state index in [0.29, 0.717) is 6.54 Å². The lowest BCUT2D eigenvalue weighted by Crippen LogP contribution is -2.36. The minimum atomic E-state index is -0.0349. The number of aromatic nitrogens is 3. The van der Waals surface area contributed by atoms with E-state index >= 15 is 0 Å². The zero-order valence-electron chi connectivity index (χ0n) is 14.0. The molecule has 0 aliphatic carbocycles. The van der Waals surface area contributed by atoms with Crippen LogP contribution in [0.2, 0.25) is 0 Å². The highest BCUT2D eigenvalue weighted by molar-refractivity contribution is 7.19. The van der Waals surface area contributed by atoms with Gasteiger partial charge in [-0.2, -0.15) is 0 Å². The van der Waals surface area contributed by atoms with Crippen molar-refractivity contribution in [1.82, 2.24) is 19.4 Å². The van der Waals surface area contributed by atoms with Gasteiger partial charge in [-0.25, -0.2) is 9.97 Å². The van der Waals surface area contributed by atoms with Crippen molar-refractivity contribution in [1.29, 1.82) is 0 Å². The molecule has 0 saturated heterocycles. The van der Waals surface area contributed by atoms with E-state index in [1.807, 2.05) is 55.9 Å². The largest absolute Gasteiger partial charge is 0.337 e. The molecule has 1 aromatic carbocycles. The first-order valence-corrected chi connectivity index (χ1v) is 8.66. The Balaban J connectivity index is 1.76. The summed E-state index contributed by atoms with van der Waals surface area (Å²) in [6, 6.07) is 8.06. The highest BCUT2D eigenvalue weighted by Crippen LogP contribution is 2.22. The Bertz CT molecular complexity index is 845. The van der Waals surface area contributed by atoms with Crippen molar-refractivity contribution in [3.8, 4) is 0 Å². The summed E-state index contributed by atoms with van der Waals surface area (Å²) in [7, 11) is 1.93. The summed E-state index contributed by atoms with van der Waals surface area (Å²) in [6.07, 6.45) is 7.02. The summed E-state index contributed by atoms with van der Waals surface area (Å²) in [5.41, 5.74) is 0.961. The van der Waals surface area contributed by atoms with E-state index < -0.39 is 0 Å². The summed E-state index contributed by atoms with van der Waals surface area (Å²) < 4.78 is 3.05. The van der Waals surface area contributed by atoms with Gasteiger partial charge in [0.25, 0.3) is 0 Å². The smallest absolute Gasteiger partial charge is 0.247 e. The minimum Gasteiger partial charge on any atom is -0.337 e. The van der Waals surface area contributed by atoms with Crippen molar-refractivity contribution in [2.45, 2.75) is 26.4 Å². The van der Waals surface area contributed by atoms with Crippen LogP contribution < -0.4 is 0 Å². The van der Waals surface area contributed by atoms with E-state index in [1.165, 1.54) is 0 Å². The maximum Gasteiger partial charge on any atom is 0.247 e. The second kappa shape index (κ2) is 6.97. The molecule has 0 N–H and O–H groups in total. The van der Waals surface area contributed by atoms with Crippen molar-refractivity contribution in [3.05, 3.63) is 53.6 Å². The van der Waals surface area contributed by atoms with Gasteiger partial charge in [0.05, 0.1) is 16.8 Å². The third-order valence-electron chi connectivity index (χ3n) is 3.82. The summed E-state index contributed by atoms with van der Waals surface area (Å²) in [6.45, 7) is 4.50. The van der Waals surface area contributed by atoms with Crippen molar-refractivity contribution in [2.24, 2.45) is 7.05 Å². The van der Waals surface area contributed by atoms with Crippen LogP contribution in [0.5, 0.6) is 0 Å². The molecule has 0 bridgehead atoms. The van der Waals surface area contributed by atoms with E-state index in [2.05, 4.69) is 9.97 Å². The van der Waals surface area contributed by atoms with Gasteiger partial charge in [-0.15, -0.1) is 11.3 Å². The lowest BCUT2D eigenvalue weighted by Gasteiger charge is -2.25. The number of thiazole rings is 1. The van der Waals surface area contributed by atoms with Gasteiger partial charge in [-0.3, -0.25) is 4.79 Å². The van der Waals surface area contributed by atoms with Gasteiger partial charge in [0.15, 0.2) is 0 Å². The van der Waals surface area contributed by atoms with Gasteiger partial charge in [-0.1, -0.05) is 12.1 Å². The summed E-state index contributed by atoms with van der Waals surface area (Å²) >= 11 is 1.58. The molecule has 5 nitrogen and oxygen atoms in total. The molecular formula is C18H20N4OS. The Morgan fingerprint density at radius 1 is 1.38 bits per heavy atom. The van der Waals surface area contributed by atoms with Crippen molar-refractivity contribution in [3.63, 3.8) is 0 Å². The molecule has 0 atom stereocenters. The van der Waals surface area contributed by atoms with Gasteiger partial charge < -0.3 is 9.47 Å². The van der Waals surface area contributed by atoms with Gasteiger partial charge >= 0.3 is 0 Å². The summed E-state index contributed by atoms with van der Waals surface area (Å²) in [5.74, 6) is 0.831. The Kier molecular flexibility index (Phi) is 4.76. The number of carbonyl (C=O) groups is 1. The average Bonchev–Trinajstić information content (AvgIpc) is 3.15. The van der Waals surface area contributed by atoms with Crippen molar-refractivity contribution < 1.29 is 4.79 Å². The predicted octanol–water partition coefficient (Wildman–Crippen LogP) is 3.48. The SMILES string of the molecule is CC(C)N(Cc1nccn1C)C(=O)C=Cc1nc2ccccc2s1. The Morgan fingerprint density at radius 3 is 2.83 bits per heavy atom. The number of hydrogen-bond donors (Lipinski definition) is 0. The molecule has 1 amide bonds. The maximum atomic E-state index is 12.6. The Labute approximate surface area is 145 Å². The molecule has 2 aromatic heterocycles. The van der Waals surface area contributed by atoms with Crippen molar-refractivity contribution >= 4 is 33.5 Å². The third-order valence-corrected chi connectivity index (χ3v) is 4.82. The van der Waals surface area contributed by atoms with Crippen LogP contribution in [0.3, 0.4) is 0 Å². The zero-order valence-corrected chi connectivity index (χ0v) is 14.8. The van der Waals surface area contributed by atoms with Crippen molar-refractivity contribution in [2.75, 3.05) is 0 Å². The van der Waals surface area contributed by atoms with Crippen LogP contribution in [0.15, 0.2) is 42.7 Å². The van der Waals surface area contributed by atoms with E-state index in [0.717, 1.165) is 21.0 Å². The highest BCUT2D eigenvalue weighted by atomic mass is 32.1. The first-order valence-electron chi connectivity index (χ1n) is 7.85. The average molecular weight is 340 g/mol. The molecule has 0 fully saturated rings. The third kappa shape index (κ3) is 3.54. The lowest BCUT2D eigenvalue weighted by atomic mass is 10.3. The minimum absolute atomic E-state index is 0.0349. The molecule has 0 saturated carbocycles. The van der Waals surface area contributed by atoms with Crippen LogP contribution in [-0.2, 0) is 18.4 Å². The lowest BCUT2D eigenvalue weighted by molar-refractivity contribution is -0.128. The molecule has 0 aliphatic heterocycles. The van der Waals surface area contributed by atoms with E-state index in [-0.39, 0.29) is 11.9 Å². The monoisotopic (exact) mass is 340 g/mol. The number of para-hydroxylation sites is 1. The number of hydrogen-bond acceptors (Lipinski definition) is 4. The predicted molar refractivity (Wildman–Crippen MR) is 97.5 cm³/mol. The number of benzene rings is 1. The molecule has 2 heterocycles. The Morgan fingerprint density at radius 2 is 2.17 bits per heavy atom. The van der Waals surface area contributed by atoms with Gasteiger partial charge in [0.2, 0.25) is 5.91 Å². The van der Waals surface area contributed by atoms with Crippen LogP contribution in [0, 0.1) is 0 Å². The van der Waals surface area contributed by atoms with Crippen LogP contribution in [0.4, 0.5) is 0 Å². The number of nitrogens with zero attached hydrogens (tertiary/aromatic N) is 4. The fourth-order valence-corrected chi connectivity index (χ4v) is 3.29. The second-order valence-electron chi connectivity index (χ2n) is 5.87. The number of amides is 1. The standard InChI is InChI=1S/C18H20N4OS/c1-13(2)22(12-16-19-10-11-21(16)3)18(23)9-8-17-20-14-6-4-5-7-15(14)24-17/h4-11,13H,12H2,1-3H3. The fraction of sp³-hybridized carbons (Fsp3) is 0.278. The van der Waals surface area contributed by atoms with E-state index in [4.69, 9.17) is 0 Å². The van der Waals surface area contributed by atoms with Gasteiger partial charge in [-0.05, 0) is 32.1 Å². The molecule has 3 aromatic rings. The number of aryl methyl sites for hydroxylation is 1. The number of carbonyl (C=O) groups excluding carboxylic acids is 1. The summed E-state index contributed by atoms with van der Waals surface area (Å²) in [4.78, 5) is 23.2. The van der Waals surface area contributed by atoms with Crippen LogP contribution in [0.25, 0.3) is 16.3 Å². The van der Waals surface area contributed by atoms with Gasteiger partial charge in [0.1, 0.15) is 10.8 Å². The van der Waals surface area contributed by atoms with E-state index in [9.17, 15) is 4.79 Å². The second-order valence-corrected chi connectivity index (χ2v) is 6.93. The normalized spacial score (nSPS) is 11.7. The first kappa shape index (κ1) is 16.4. The number of fused-ring (bicyclic) bond motifs is 1. The maximum absolute atomic E-state index is 12.6. The molecular weight excluding hydrogens is 320 g/mol. The number of imidazole rings is 1. The zero-order chi connectivity index (χ0) is 17.1. The van der Waals surface area contributed by atoms with E-state index in [1.54, 1.807) is 34.6 Å². The van der Waals surface area contributed by atoms with Gasteiger partial charge in [0, 0.05) is 31.6 Å². The Hall–Kier alpha value is -2.47. The number of rotatable bonds is 5. The molecule has 3 rings (SSSR count). The molecule has 6 heteroatoms. The molecule has 0 unspecified atom stereocenters. The highest BCUT2D eigenvalue weighted by Gasteiger charge is 2.17. The molecule has 0 aliphatic rings. The first-order chi connectivity index (χ1) is 11.5. The van der Waals surface area contributed by atoms with Crippen LogP contribution >= 0.6 is 11.3 Å². The van der Waals surface area contributed by atoms with Crippen LogP contribution in [0.1, 0.15) is 24.7 Å². The molecule has 24 heavy (non-hydrogen) atoms. The molecule has 0 spiro atoms. The summed E-state index contributed by atoms with van der Waals surface area (Å²) in [5, 5.41) is 0.838. The quantitative estimate of drug-likeness (QED) is 0.668.